The van der Waals surface area contributed by atoms with Crippen molar-refractivity contribution in [3.63, 3.8) is 0 Å². The SMILES string of the molecule is C=C(CCC(=O)O)N=O. The van der Waals surface area contributed by atoms with Gasteiger partial charge in [0.15, 0.2) is 0 Å². The van der Waals surface area contributed by atoms with E-state index in [0.29, 0.717) is 0 Å². The van der Waals surface area contributed by atoms with Crippen molar-refractivity contribution in [2.75, 3.05) is 0 Å². The van der Waals surface area contributed by atoms with E-state index >= 15 is 0 Å². The van der Waals surface area contributed by atoms with Gasteiger partial charge in [0.05, 0.1) is 12.1 Å². The summed E-state index contributed by atoms with van der Waals surface area (Å²) in [7, 11) is 0. The number of carboxylic acids is 1. The number of rotatable bonds is 4. The highest BCUT2D eigenvalue weighted by Gasteiger charge is 1.98. The van der Waals surface area contributed by atoms with E-state index < -0.39 is 5.97 Å². The molecule has 0 fully saturated rings. The van der Waals surface area contributed by atoms with E-state index in [1.807, 2.05) is 0 Å². The maximum atomic E-state index is 9.83. The molecule has 1 N–H and O–H groups in total. The molecular formula is C5H7NO3. The fourth-order valence-corrected chi connectivity index (χ4v) is 0.297. The second-order valence-corrected chi connectivity index (χ2v) is 1.55. The van der Waals surface area contributed by atoms with Crippen molar-refractivity contribution in [2.45, 2.75) is 12.8 Å². The van der Waals surface area contributed by atoms with Crippen molar-refractivity contribution in [1.29, 1.82) is 0 Å². The first kappa shape index (κ1) is 7.81. The van der Waals surface area contributed by atoms with E-state index in [9.17, 15) is 9.70 Å². The summed E-state index contributed by atoms with van der Waals surface area (Å²) < 4.78 is 0. The second-order valence-electron chi connectivity index (χ2n) is 1.55. The predicted octanol–water partition coefficient (Wildman–Crippen LogP) is 1.13. The lowest BCUT2D eigenvalue weighted by Gasteiger charge is -1.88. The number of aliphatic carboxylic acids is 1. The van der Waals surface area contributed by atoms with Gasteiger partial charge in [-0.05, 0) is 5.18 Å². The van der Waals surface area contributed by atoms with Crippen LogP contribution in [0.1, 0.15) is 12.8 Å². The summed E-state index contributed by atoms with van der Waals surface area (Å²) in [4.78, 5) is 19.4. The Hall–Kier alpha value is -1.19. The molecule has 0 radical (unpaired) electrons. The summed E-state index contributed by atoms with van der Waals surface area (Å²) in [6.07, 6.45) is 0.0589. The number of nitrogens with zero attached hydrogens (tertiary/aromatic N) is 1. The zero-order chi connectivity index (χ0) is 7.28. The van der Waals surface area contributed by atoms with Gasteiger partial charge in [0.1, 0.15) is 0 Å². The van der Waals surface area contributed by atoms with E-state index in [0.717, 1.165) is 0 Å². The van der Waals surface area contributed by atoms with Gasteiger partial charge >= 0.3 is 5.97 Å². The third kappa shape index (κ3) is 4.67. The van der Waals surface area contributed by atoms with Crippen LogP contribution in [0.5, 0.6) is 0 Å². The quantitative estimate of drug-likeness (QED) is 0.578. The summed E-state index contributed by atoms with van der Waals surface area (Å²) in [5, 5.41) is 10.5. The molecule has 0 aliphatic carbocycles. The van der Waals surface area contributed by atoms with Crippen molar-refractivity contribution < 1.29 is 9.90 Å². The van der Waals surface area contributed by atoms with Gasteiger partial charge in [-0.2, -0.15) is 0 Å². The molecule has 0 atom stereocenters. The van der Waals surface area contributed by atoms with Crippen molar-refractivity contribution >= 4 is 5.97 Å². The Balaban J connectivity index is 3.39. The van der Waals surface area contributed by atoms with Crippen molar-refractivity contribution in [2.24, 2.45) is 5.18 Å². The first-order valence-corrected chi connectivity index (χ1v) is 2.39. The Kier molecular flexibility index (Phi) is 3.27. The lowest BCUT2D eigenvalue weighted by molar-refractivity contribution is -0.136. The van der Waals surface area contributed by atoms with Gasteiger partial charge in [-0.15, -0.1) is 4.91 Å². The molecule has 0 aliphatic rings. The van der Waals surface area contributed by atoms with Gasteiger partial charge in [-0.1, -0.05) is 6.58 Å². The average molecular weight is 129 g/mol. The molecule has 0 saturated carbocycles. The van der Waals surface area contributed by atoms with Crippen molar-refractivity contribution in [1.82, 2.24) is 0 Å². The molecule has 0 aromatic carbocycles. The van der Waals surface area contributed by atoms with Crippen LogP contribution in [0.25, 0.3) is 0 Å². The first-order valence-electron chi connectivity index (χ1n) is 2.39. The molecule has 0 amide bonds. The molecule has 0 saturated heterocycles. The number of allylic oxidation sites excluding steroid dienone is 1. The highest BCUT2D eigenvalue weighted by atomic mass is 16.4. The minimum atomic E-state index is -0.945. The fourth-order valence-electron chi connectivity index (χ4n) is 0.297. The molecule has 0 aromatic rings. The Morgan fingerprint density at radius 3 is 2.44 bits per heavy atom. The summed E-state index contributed by atoms with van der Waals surface area (Å²) in [6.45, 7) is 3.20. The second kappa shape index (κ2) is 3.77. The van der Waals surface area contributed by atoms with Gasteiger partial charge < -0.3 is 5.11 Å². The smallest absolute Gasteiger partial charge is 0.303 e. The zero-order valence-electron chi connectivity index (χ0n) is 4.83. The Labute approximate surface area is 52.2 Å². The molecule has 0 rings (SSSR count). The van der Waals surface area contributed by atoms with Crippen LogP contribution in [0.2, 0.25) is 0 Å². The molecule has 4 nitrogen and oxygen atoms in total. The van der Waals surface area contributed by atoms with Crippen LogP contribution in [0.4, 0.5) is 0 Å². The lowest BCUT2D eigenvalue weighted by atomic mass is 10.3. The standard InChI is InChI=1S/C5H7NO3/c1-4(6-9)2-3-5(7)8/h1-3H2,(H,7,8). The van der Waals surface area contributed by atoms with Crippen molar-refractivity contribution in [3.8, 4) is 0 Å². The van der Waals surface area contributed by atoms with Crippen LogP contribution in [0.15, 0.2) is 17.5 Å². The average Bonchev–Trinajstić information content (AvgIpc) is 1.83. The first-order chi connectivity index (χ1) is 4.16. The van der Waals surface area contributed by atoms with E-state index in [4.69, 9.17) is 5.11 Å². The summed E-state index contributed by atoms with van der Waals surface area (Å²) in [6, 6.07) is 0. The van der Waals surface area contributed by atoms with Crippen LogP contribution in [0, 0.1) is 4.91 Å². The van der Waals surface area contributed by atoms with E-state index in [2.05, 4.69) is 11.8 Å². The number of hydrogen-bond donors (Lipinski definition) is 1. The maximum Gasteiger partial charge on any atom is 0.303 e. The third-order valence-electron chi connectivity index (χ3n) is 0.757. The molecule has 0 unspecified atom stereocenters. The summed E-state index contributed by atoms with van der Waals surface area (Å²) in [5.74, 6) is -0.945. The number of nitroso groups, excluding NO2 is 1. The Morgan fingerprint density at radius 2 is 2.11 bits per heavy atom. The lowest BCUT2D eigenvalue weighted by Crippen LogP contribution is -1.93. The van der Waals surface area contributed by atoms with Gasteiger partial charge in [-0.3, -0.25) is 4.79 Å². The van der Waals surface area contributed by atoms with Crippen LogP contribution >= 0.6 is 0 Å². The van der Waals surface area contributed by atoms with Crippen LogP contribution in [-0.4, -0.2) is 11.1 Å². The van der Waals surface area contributed by atoms with Crippen LogP contribution in [0.3, 0.4) is 0 Å². The highest BCUT2D eigenvalue weighted by Crippen LogP contribution is 2.01. The molecule has 0 aliphatic heterocycles. The number of hydrogen-bond acceptors (Lipinski definition) is 3. The summed E-state index contributed by atoms with van der Waals surface area (Å²) >= 11 is 0. The molecule has 50 valence electrons. The monoisotopic (exact) mass is 129 g/mol. The number of carbonyl (C=O) groups is 1. The Bertz CT molecular complexity index is 141. The zero-order valence-corrected chi connectivity index (χ0v) is 4.83. The minimum Gasteiger partial charge on any atom is -0.481 e. The topological polar surface area (TPSA) is 66.7 Å². The summed E-state index contributed by atoms with van der Waals surface area (Å²) in [5.41, 5.74) is 0.0809. The molecule has 0 spiro atoms. The van der Waals surface area contributed by atoms with E-state index in [1.165, 1.54) is 0 Å². The molecule has 4 heteroatoms. The maximum absolute atomic E-state index is 9.83. The van der Waals surface area contributed by atoms with Gasteiger partial charge in [0.2, 0.25) is 0 Å². The normalized spacial score (nSPS) is 8.44. The van der Waals surface area contributed by atoms with Gasteiger partial charge in [0.25, 0.3) is 0 Å². The van der Waals surface area contributed by atoms with E-state index in [1.54, 1.807) is 0 Å². The fraction of sp³-hybridized carbons (Fsp3) is 0.400. The molecule has 0 heterocycles. The molecule has 9 heavy (non-hydrogen) atoms. The third-order valence-corrected chi connectivity index (χ3v) is 0.757. The van der Waals surface area contributed by atoms with Gasteiger partial charge in [-0.25, -0.2) is 0 Å². The molecule has 0 aromatic heterocycles. The Morgan fingerprint density at radius 1 is 1.56 bits per heavy atom. The van der Waals surface area contributed by atoms with E-state index in [-0.39, 0.29) is 18.5 Å². The predicted molar refractivity (Wildman–Crippen MR) is 31.8 cm³/mol. The molecular weight excluding hydrogens is 122 g/mol. The largest absolute Gasteiger partial charge is 0.481 e. The minimum absolute atomic E-state index is 0.0788. The van der Waals surface area contributed by atoms with Gasteiger partial charge in [0, 0.05) is 6.42 Å². The van der Waals surface area contributed by atoms with Crippen molar-refractivity contribution in [3.05, 3.63) is 17.2 Å². The highest BCUT2D eigenvalue weighted by molar-refractivity contribution is 5.66. The van der Waals surface area contributed by atoms with Crippen LogP contribution < -0.4 is 0 Å². The molecule has 0 bridgehead atoms. The number of carboxylic acid groups (broad SMARTS) is 1. The van der Waals surface area contributed by atoms with Crippen LogP contribution in [-0.2, 0) is 4.79 Å².